The molecule has 0 aromatic carbocycles. The van der Waals surface area contributed by atoms with E-state index in [0.717, 1.165) is 17.7 Å². The maximum Gasteiger partial charge on any atom is 0.0226 e. The molecule has 0 radical (unpaired) electrons. The monoisotopic (exact) mass is 174 g/mol. The molecule has 0 bridgehead atoms. The Morgan fingerprint density at radius 2 is 2.00 bits per heavy atom. The lowest BCUT2D eigenvalue weighted by atomic mass is 9.75. The molecule has 1 aliphatic rings. The van der Waals surface area contributed by atoms with Crippen molar-refractivity contribution < 1.29 is 0 Å². The Hall–Kier alpha value is 0.290. The Balaban J connectivity index is 2.55. The second kappa shape index (κ2) is 3.35. The van der Waals surface area contributed by atoms with E-state index in [2.05, 4.69) is 20.8 Å². The standard InChI is InChI=1S/C10H19Cl/c1-8-4-5-9(6-7-11)10(8,2)3/h8-9H,4-7H2,1-3H3. The van der Waals surface area contributed by atoms with Crippen LogP contribution in [0.2, 0.25) is 0 Å². The molecular weight excluding hydrogens is 156 g/mol. The highest BCUT2D eigenvalue weighted by Gasteiger charge is 2.39. The lowest BCUT2D eigenvalue weighted by molar-refractivity contribution is 0.194. The topological polar surface area (TPSA) is 0 Å². The first-order valence-corrected chi connectivity index (χ1v) is 5.18. The van der Waals surface area contributed by atoms with E-state index in [0.29, 0.717) is 5.41 Å². The van der Waals surface area contributed by atoms with Crippen molar-refractivity contribution in [2.24, 2.45) is 17.3 Å². The van der Waals surface area contributed by atoms with Crippen molar-refractivity contribution >= 4 is 11.6 Å². The van der Waals surface area contributed by atoms with Gasteiger partial charge in [0, 0.05) is 5.88 Å². The molecule has 11 heavy (non-hydrogen) atoms. The Morgan fingerprint density at radius 3 is 2.36 bits per heavy atom. The summed E-state index contributed by atoms with van der Waals surface area (Å²) in [6, 6.07) is 0. The molecule has 0 N–H and O–H groups in total. The smallest absolute Gasteiger partial charge is 0.0226 e. The van der Waals surface area contributed by atoms with Crippen LogP contribution < -0.4 is 0 Å². The van der Waals surface area contributed by atoms with Crippen LogP contribution in [0.15, 0.2) is 0 Å². The van der Waals surface area contributed by atoms with E-state index in [4.69, 9.17) is 11.6 Å². The van der Waals surface area contributed by atoms with Crippen LogP contribution in [0.25, 0.3) is 0 Å². The summed E-state index contributed by atoms with van der Waals surface area (Å²) in [5, 5.41) is 0. The fourth-order valence-corrected chi connectivity index (χ4v) is 2.51. The molecule has 0 aromatic rings. The molecule has 2 atom stereocenters. The summed E-state index contributed by atoms with van der Waals surface area (Å²) in [6.45, 7) is 7.15. The van der Waals surface area contributed by atoms with Crippen molar-refractivity contribution in [1.82, 2.24) is 0 Å². The zero-order chi connectivity index (χ0) is 8.48. The van der Waals surface area contributed by atoms with Crippen LogP contribution in [0.3, 0.4) is 0 Å². The molecule has 1 rings (SSSR count). The van der Waals surface area contributed by atoms with Gasteiger partial charge in [0.05, 0.1) is 0 Å². The fourth-order valence-electron chi connectivity index (χ4n) is 2.25. The highest BCUT2D eigenvalue weighted by Crippen LogP contribution is 2.48. The van der Waals surface area contributed by atoms with E-state index < -0.39 is 0 Å². The van der Waals surface area contributed by atoms with Crippen LogP contribution in [0.4, 0.5) is 0 Å². The van der Waals surface area contributed by atoms with Crippen molar-refractivity contribution in [1.29, 1.82) is 0 Å². The van der Waals surface area contributed by atoms with Crippen molar-refractivity contribution in [3.05, 3.63) is 0 Å². The molecule has 0 amide bonds. The average molecular weight is 175 g/mol. The summed E-state index contributed by atoms with van der Waals surface area (Å²) in [6.07, 6.45) is 3.99. The fraction of sp³-hybridized carbons (Fsp3) is 1.00. The van der Waals surface area contributed by atoms with Gasteiger partial charge in [0.1, 0.15) is 0 Å². The Labute approximate surface area is 75.3 Å². The summed E-state index contributed by atoms with van der Waals surface area (Å²) >= 11 is 5.76. The number of hydrogen-bond donors (Lipinski definition) is 0. The van der Waals surface area contributed by atoms with E-state index in [-0.39, 0.29) is 0 Å². The Morgan fingerprint density at radius 1 is 1.36 bits per heavy atom. The third kappa shape index (κ3) is 1.72. The van der Waals surface area contributed by atoms with E-state index in [1.165, 1.54) is 19.3 Å². The van der Waals surface area contributed by atoms with Gasteiger partial charge in [-0.25, -0.2) is 0 Å². The van der Waals surface area contributed by atoms with Crippen molar-refractivity contribution in [3.63, 3.8) is 0 Å². The Kier molecular flexibility index (Phi) is 2.85. The lowest BCUT2D eigenvalue weighted by Crippen LogP contribution is -2.23. The van der Waals surface area contributed by atoms with Gasteiger partial charge in [-0.15, -0.1) is 11.6 Å². The van der Waals surface area contributed by atoms with Gasteiger partial charge in [0.2, 0.25) is 0 Å². The van der Waals surface area contributed by atoms with Gasteiger partial charge in [-0.1, -0.05) is 20.8 Å². The van der Waals surface area contributed by atoms with E-state index in [1.54, 1.807) is 0 Å². The highest BCUT2D eigenvalue weighted by molar-refractivity contribution is 6.17. The average Bonchev–Trinajstić information content (AvgIpc) is 2.16. The summed E-state index contributed by atoms with van der Waals surface area (Å²) in [5.74, 6) is 2.59. The normalized spacial score (nSPS) is 36.0. The second-order valence-corrected chi connectivity index (χ2v) is 4.85. The quantitative estimate of drug-likeness (QED) is 0.561. The van der Waals surface area contributed by atoms with E-state index >= 15 is 0 Å². The van der Waals surface area contributed by atoms with Gasteiger partial charge in [0.15, 0.2) is 0 Å². The summed E-state index contributed by atoms with van der Waals surface area (Å²) < 4.78 is 0. The molecule has 1 fully saturated rings. The molecule has 66 valence electrons. The van der Waals surface area contributed by atoms with Gasteiger partial charge in [0.25, 0.3) is 0 Å². The summed E-state index contributed by atoms with van der Waals surface area (Å²) in [5.41, 5.74) is 0.537. The molecule has 0 saturated heterocycles. The minimum Gasteiger partial charge on any atom is -0.127 e. The predicted octanol–water partition coefficient (Wildman–Crippen LogP) is 3.69. The minimum absolute atomic E-state index is 0.537. The first-order chi connectivity index (χ1) is 5.09. The van der Waals surface area contributed by atoms with E-state index in [9.17, 15) is 0 Å². The zero-order valence-electron chi connectivity index (χ0n) is 7.86. The molecule has 0 aliphatic heterocycles. The second-order valence-electron chi connectivity index (χ2n) is 4.47. The molecule has 1 heteroatoms. The highest BCUT2D eigenvalue weighted by atomic mass is 35.5. The largest absolute Gasteiger partial charge is 0.127 e. The van der Waals surface area contributed by atoms with Crippen molar-refractivity contribution in [2.75, 3.05) is 5.88 Å². The lowest BCUT2D eigenvalue weighted by Gasteiger charge is -2.30. The molecule has 0 nitrogen and oxygen atoms in total. The first-order valence-electron chi connectivity index (χ1n) is 4.65. The molecule has 0 spiro atoms. The summed E-state index contributed by atoms with van der Waals surface area (Å²) in [4.78, 5) is 0. The van der Waals surface area contributed by atoms with Crippen LogP contribution in [0.1, 0.15) is 40.0 Å². The maximum absolute atomic E-state index is 5.76. The van der Waals surface area contributed by atoms with Crippen molar-refractivity contribution in [2.45, 2.75) is 40.0 Å². The first kappa shape index (κ1) is 9.38. The SMILES string of the molecule is CC1CCC(CCCl)C1(C)C. The predicted molar refractivity (Wildman–Crippen MR) is 51.0 cm³/mol. The third-order valence-electron chi connectivity index (χ3n) is 3.73. The van der Waals surface area contributed by atoms with Crippen LogP contribution in [-0.2, 0) is 0 Å². The Bertz CT molecular complexity index is 127. The van der Waals surface area contributed by atoms with Gasteiger partial charge < -0.3 is 0 Å². The number of alkyl halides is 1. The molecule has 2 unspecified atom stereocenters. The third-order valence-corrected chi connectivity index (χ3v) is 3.95. The molecule has 0 heterocycles. The van der Waals surface area contributed by atoms with Gasteiger partial charge >= 0.3 is 0 Å². The number of hydrogen-bond acceptors (Lipinski definition) is 0. The van der Waals surface area contributed by atoms with Gasteiger partial charge in [-0.3, -0.25) is 0 Å². The van der Waals surface area contributed by atoms with Gasteiger partial charge in [-0.05, 0) is 36.5 Å². The molecule has 1 aliphatic carbocycles. The van der Waals surface area contributed by atoms with Crippen LogP contribution in [0, 0.1) is 17.3 Å². The van der Waals surface area contributed by atoms with Crippen LogP contribution in [0.5, 0.6) is 0 Å². The number of halogens is 1. The summed E-state index contributed by atoms with van der Waals surface area (Å²) in [7, 11) is 0. The maximum atomic E-state index is 5.76. The van der Waals surface area contributed by atoms with Crippen LogP contribution in [-0.4, -0.2) is 5.88 Å². The molecule has 0 aromatic heterocycles. The van der Waals surface area contributed by atoms with Crippen LogP contribution >= 0.6 is 11.6 Å². The molecule has 1 saturated carbocycles. The zero-order valence-corrected chi connectivity index (χ0v) is 8.62. The minimum atomic E-state index is 0.537. The van der Waals surface area contributed by atoms with E-state index in [1.807, 2.05) is 0 Å². The number of rotatable bonds is 2. The van der Waals surface area contributed by atoms with Crippen molar-refractivity contribution in [3.8, 4) is 0 Å². The molecular formula is C10H19Cl. The van der Waals surface area contributed by atoms with Gasteiger partial charge in [-0.2, -0.15) is 0 Å².